The van der Waals surface area contributed by atoms with Crippen LogP contribution in [0.4, 0.5) is 5.69 Å². The van der Waals surface area contributed by atoms with Gasteiger partial charge in [-0.2, -0.15) is 5.26 Å². The third-order valence-corrected chi connectivity index (χ3v) is 6.34. The van der Waals surface area contributed by atoms with Gasteiger partial charge in [-0.3, -0.25) is 0 Å². The van der Waals surface area contributed by atoms with Crippen LogP contribution in [0, 0.1) is 23.2 Å². The van der Waals surface area contributed by atoms with E-state index in [1.807, 2.05) is 13.8 Å². The highest BCUT2D eigenvalue weighted by Gasteiger charge is 2.29. The van der Waals surface area contributed by atoms with E-state index in [2.05, 4.69) is 16.1 Å². The summed E-state index contributed by atoms with van der Waals surface area (Å²) in [6.45, 7) is 3.92. The van der Waals surface area contributed by atoms with Gasteiger partial charge in [-0.15, -0.1) is 0 Å². The molecule has 1 fully saturated rings. The van der Waals surface area contributed by atoms with Crippen molar-refractivity contribution in [1.82, 2.24) is 4.72 Å². The second kappa shape index (κ2) is 8.82. The second-order valence-corrected chi connectivity index (χ2v) is 8.80. The van der Waals surface area contributed by atoms with Gasteiger partial charge in [0.2, 0.25) is 10.0 Å². The number of ether oxygens (including phenoxy) is 1. The quantitative estimate of drug-likeness (QED) is 0.600. The molecule has 0 bridgehead atoms. The van der Waals surface area contributed by atoms with Crippen molar-refractivity contribution in [3.05, 3.63) is 23.8 Å². The minimum absolute atomic E-state index is 0.0448. The van der Waals surface area contributed by atoms with E-state index in [-0.39, 0.29) is 47.6 Å². The Kier molecular flexibility index (Phi) is 7.01. The largest absolute Gasteiger partial charge is 0.396 e. The zero-order valence-corrected chi connectivity index (χ0v) is 16.2. The van der Waals surface area contributed by atoms with E-state index in [4.69, 9.17) is 4.74 Å². The number of aliphatic hydroxyl groups excluding tert-OH is 1. The van der Waals surface area contributed by atoms with E-state index in [1.165, 1.54) is 12.1 Å². The van der Waals surface area contributed by atoms with E-state index in [9.17, 15) is 18.8 Å². The summed E-state index contributed by atoms with van der Waals surface area (Å²) in [6, 6.07) is 6.77. The fraction of sp³-hybridized carbons (Fsp3) is 0.611. The molecule has 0 spiro atoms. The molecular weight excluding hydrogens is 354 g/mol. The second-order valence-electron chi connectivity index (χ2n) is 7.03. The van der Waals surface area contributed by atoms with Crippen LogP contribution in [0.3, 0.4) is 0 Å². The van der Waals surface area contributed by atoms with Crippen molar-refractivity contribution < 1.29 is 18.3 Å². The molecule has 1 aliphatic rings. The van der Waals surface area contributed by atoms with Crippen molar-refractivity contribution >= 4 is 15.7 Å². The molecule has 0 aliphatic heterocycles. The number of methoxy groups -OCH3 is 1. The molecule has 7 nitrogen and oxygen atoms in total. The van der Waals surface area contributed by atoms with Gasteiger partial charge in [0, 0.05) is 26.3 Å². The monoisotopic (exact) mass is 381 g/mol. The first-order chi connectivity index (χ1) is 12.3. The summed E-state index contributed by atoms with van der Waals surface area (Å²) < 4.78 is 32.7. The Bertz CT molecular complexity index is 752. The van der Waals surface area contributed by atoms with Crippen molar-refractivity contribution in [3.8, 4) is 6.07 Å². The predicted octanol–water partition coefficient (Wildman–Crippen LogP) is 1.69. The van der Waals surface area contributed by atoms with E-state index in [1.54, 1.807) is 13.2 Å². The molecule has 1 atom stereocenters. The van der Waals surface area contributed by atoms with Gasteiger partial charge in [-0.05, 0) is 42.9 Å². The van der Waals surface area contributed by atoms with Gasteiger partial charge in [0.15, 0.2) is 0 Å². The Balaban J connectivity index is 2.08. The fourth-order valence-electron chi connectivity index (χ4n) is 2.82. The van der Waals surface area contributed by atoms with Crippen molar-refractivity contribution in [3.63, 3.8) is 0 Å². The Morgan fingerprint density at radius 1 is 1.38 bits per heavy atom. The zero-order valence-electron chi connectivity index (χ0n) is 15.4. The lowest BCUT2D eigenvalue weighted by Gasteiger charge is -2.35. The normalized spacial score (nSPS) is 21.1. The van der Waals surface area contributed by atoms with Gasteiger partial charge < -0.3 is 15.2 Å². The lowest BCUT2D eigenvalue weighted by Crippen LogP contribution is -2.40. The van der Waals surface area contributed by atoms with Gasteiger partial charge in [0.1, 0.15) is 6.07 Å². The number of aliphatic hydroxyl groups is 1. The molecule has 0 saturated heterocycles. The van der Waals surface area contributed by atoms with Gasteiger partial charge in [-0.25, -0.2) is 13.1 Å². The Labute approximate surface area is 155 Å². The predicted molar refractivity (Wildman–Crippen MR) is 99.2 cm³/mol. The summed E-state index contributed by atoms with van der Waals surface area (Å²) >= 11 is 0. The Morgan fingerprint density at radius 3 is 2.62 bits per heavy atom. The smallest absolute Gasteiger partial charge is 0.240 e. The highest BCUT2D eigenvalue weighted by molar-refractivity contribution is 7.89. The van der Waals surface area contributed by atoms with E-state index >= 15 is 0 Å². The van der Waals surface area contributed by atoms with Gasteiger partial charge in [0.25, 0.3) is 0 Å². The third-order valence-electron chi connectivity index (χ3n) is 4.92. The molecule has 8 heteroatoms. The SMILES string of the molecule is COC1CC(Nc2ccc(S(=O)(=O)NCC(CO)C(C)C)cc2C#N)C1. The molecule has 0 amide bonds. The molecule has 3 N–H and O–H groups in total. The van der Waals surface area contributed by atoms with Gasteiger partial charge >= 0.3 is 0 Å². The average molecular weight is 381 g/mol. The summed E-state index contributed by atoms with van der Waals surface area (Å²) in [5.74, 6) is -0.00384. The first-order valence-corrected chi connectivity index (χ1v) is 10.2. The highest BCUT2D eigenvalue weighted by Crippen LogP contribution is 2.28. The minimum Gasteiger partial charge on any atom is -0.396 e. The van der Waals surface area contributed by atoms with Crippen molar-refractivity contribution in [2.75, 3.05) is 25.6 Å². The molecule has 1 aromatic carbocycles. The summed E-state index contributed by atoms with van der Waals surface area (Å²) in [5, 5.41) is 22.0. The average Bonchev–Trinajstić information content (AvgIpc) is 2.57. The van der Waals surface area contributed by atoms with Crippen LogP contribution in [0.15, 0.2) is 23.1 Å². The topological polar surface area (TPSA) is 111 Å². The van der Waals surface area contributed by atoms with Gasteiger partial charge in [-0.1, -0.05) is 13.8 Å². The highest BCUT2D eigenvalue weighted by atomic mass is 32.2. The lowest BCUT2D eigenvalue weighted by atomic mass is 9.89. The number of hydrogen-bond acceptors (Lipinski definition) is 6. The molecule has 2 rings (SSSR count). The molecule has 1 saturated carbocycles. The van der Waals surface area contributed by atoms with Crippen molar-refractivity contribution in [2.45, 2.75) is 43.7 Å². The van der Waals surface area contributed by atoms with Crippen LogP contribution in [0.5, 0.6) is 0 Å². The lowest BCUT2D eigenvalue weighted by molar-refractivity contribution is 0.0328. The summed E-state index contributed by atoms with van der Waals surface area (Å²) in [5.41, 5.74) is 0.915. The standard InChI is InChI=1S/C18H27N3O4S/c1-12(2)14(11-22)10-20-26(23,24)17-4-5-18(13(6-17)9-19)21-15-7-16(8-15)25-3/h4-6,12,14-16,20-22H,7-8,10-11H2,1-3H3. The number of anilines is 1. The molecule has 1 aliphatic carbocycles. The Morgan fingerprint density at radius 2 is 2.08 bits per heavy atom. The number of nitrogens with zero attached hydrogens (tertiary/aromatic N) is 1. The maximum atomic E-state index is 12.5. The molecular formula is C18H27N3O4S. The molecule has 1 unspecified atom stereocenters. The number of hydrogen-bond donors (Lipinski definition) is 3. The first-order valence-electron chi connectivity index (χ1n) is 8.74. The van der Waals surface area contributed by atoms with Crippen LogP contribution >= 0.6 is 0 Å². The fourth-order valence-corrected chi connectivity index (χ4v) is 3.94. The zero-order chi connectivity index (χ0) is 19.3. The first kappa shape index (κ1) is 20.6. The van der Waals surface area contributed by atoms with Crippen LogP contribution in [0.1, 0.15) is 32.3 Å². The van der Waals surface area contributed by atoms with Gasteiger partial charge in [0.05, 0.1) is 22.3 Å². The van der Waals surface area contributed by atoms with E-state index in [0.29, 0.717) is 5.69 Å². The third kappa shape index (κ3) is 4.95. The van der Waals surface area contributed by atoms with Crippen molar-refractivity contribution in [2.24, 2.45) is 11.8 Å². The summed E-state index contributed by atoms with van der Waals surface area (Å²) in [4.78, 5) is 0.0448. The molecule has 0 radical (unpaired) electrons. The minimum atomic E-state index is -3.74. The molecule has 144 valence electrons. The van der Waals surface area contributed by atoms with Crippen LogP contribution in [0.2, 0.25) is 0 Å². The summed E-state index contributed by atoms with van der Waals surface area (Å²) in [7, 11) is -2.07. The van der Waals surface area contributed by atoms with E-state index in [0.717, 1.165) is 12.8 Å². The Hall–Kier alpha value is -1.66. The number of nitriles is 1. The van der Waals surface area contributed by atoms with Crippen LogP contribution in [0.25, 0.3) is 0 Å². The molecule has 0 aromatic heterocycles. The summed E-state index contributed by atoms with van der Waals surface area (Å²) in [6.07, 6.45) is 1.96. The number of benzene rings is 1. The number of rotatable bonds is 9. The number of nitrogens with one attached hydrogen (secondary N) is 2. The number of sulfonamides is 1. The maximum absolute atomic E-state index is 12.5. The van der Waals surface area contributed by atoms with Crippen LogP contribution in [-0.4, -0.2) is 45.9 Å². The van der Waals surface area contributed by atoms with Crippen LogP contribution in [-0.2, 0) is 14.8 Å². The molecule has 26 heavy (non-hydrogen) atoms. The van der Waals surface area contributed by atoms with Crippen molar-refractivity contribution in [1.29, 1.82) is 5.26 Å². The molecule has 0 heterocycles. The maximum Gasteiger partial charge on any atom is 0.240 e. The van der Waals surface area contributed by atoms with Crippen LogP contribution < -0.4 is 10.0 Å². The molecule has 1 aromatic rings. The van der Waals surface area contributed by atoms with E-state index < -0.39 is 10.0 Å².